The first-order valence-corrected chi connectivity index (χ1v) is 10.1. The summed E-state index contributed by atoms with van der Waals surface area (Å²) in [5, 5.41) is 0. The predicted octanol–water partition coefficient (Wildman–Crippen LogP) is 5.22. The second-order valence-corrected chi connectivity index (χ2v) is 8.43. The van der Waals surface area contributed by atoms with Crippen LogP contribution >= 0.6 is 0 Å². The molecular formula is C18H32B2O2. The molecule has 0 N–H and O–H groups in total. The second kappa shape index (κ2) is 7.30. The van der Waals surface area contributed by atoms with Crippen molar-refractivity contribution in [3.8, 4) is 0 Å². The fraction of sp³-hybridized carbons (Fsp3) is 1.00. The van der Waals surface area contributed by atoms with Gasteiger partial charge in [-0.1, -0.05) is 77.0 Å². The minimum absolute atomic E-state index is 0.567. The van der Waals surface area contributed by atoms with E-state index in [4.69, 9.17) is 9.31 Å². The zero-order valence-corrected chi connectivity index (χ0v) is 14.2. The molecule has 0 amide bonds. The highest BCUT2D eigenvalue weighted by molar-refractivity contribution is 6.56. The van der Waals surface area contributed by atoms with Gasteiger partial charge in [-0.2, -0.15) is 0 Å². The van der Waals surface area contributed by atoms with Crippen molar-refractivity contribution in [1.82, 2.24) is 0 Å². The molecule has 4 saturated heterocycles. The van der Waals surface area contributed by atoms with Crippen LogP contribution in [0.1, 0.15) is 77.0 Å². The first-order valence-electron chi connectivity index (χ1n) is 10.1. The van der Waals surface area contributed by atoms with E-state index in [1.54, 1.807) is 0 Å². The van der Waals surface area contributed by atoms with Crippen molar-refractivity contribution in [3.05, 3.63) is 0 Å². The van der Waals surface area contributed by atoms with Crippen LogP contribution < -0.4 is 0 Å². The van der Waals surface area contributed by atoms with E-state index in [0.717, 1.165) is 36.5 Å². The molecule has 4 rings (SSSR count). The van der Waals surface area contributed by atoms with Crippen molar-refractivity contribution in [3.63, 3.8) is 0 Å². The number of rotatable bonds is 5. The molecule has 0 saturated carbocycles. The lowest BCUT2D eigenvalue weighted by atomic mass is 9.38. The number of hydrogen-bond acceptors (Lipinski definition) is 2. The summed E-state index contributed by atoms with van der Waals surface area (Å²) in [6, 6.07) is 0. The topological polar surface area (TPSA) is 18.5 Å². The average Bonchev–Trinajstić information content (AvgIpc) is 2.51. The van der Waals surface area contributed by atoms with Gasteiger partial charge >= 0.3 is 0 Å². The summed E-state index contributed by atoms with van der Waals surface area (Å²) in [7, 11) is 0. The van der Waals surface area contributed by atoms with Gasteiger partial charge in [0, 0.05) is 0 Å². The van der Waals surface area contributed by atoms with Crippen LogP contribution in [0.2, 0.25) is 23.3 Å². The van der Waals surface area contributed by atoms with E-state index in [-0.39, 0.29) is 0 Å². The normalized spacial score (nSPS) is 38.2. The quantitative estimate of drug-likeness (QED) is 0.512. The van der Waals surface area contributed by atoms with Crippen LogP contribution in [0.25, 0.3) is 0 Å². The first kappa shape index (κ1) is 15.6. The molecule has 4 heterocycles. The van der Waals surface area contributed by atoms with Crippen LogP contribution in [0, 0.1) is 0 Å². The van der Waals surface area contributed by atoms with E-state index < -0.39 is 0 Å². The molecule has 4 bridgehead atoms. The standard InChI is InChI=1S/C18H32B2O2/c1-5-15-7-2-8-16(6-1)19(15)21-13-14-22-20-17-9-3-10-18(20)12-4-11-17/h15-18H,1-14H2. The van der Waals surface area contributed by atoms with Crippen molar-refractivity contribution in [1.29, 1.82) is 0 Å². The molecule has 4 fully saturated rings. The van der Waals surface area contributed by atoms with Gasteiger partial charge in [-0.15, -0.1) is 0 Å². The highest BCUT2D eigenvalue weighted by atomic mass is 16.5. The van der Waals surface area contributed by atoms with Crippen LogP contribution in [-0.2, 0) is 9.31 Å². The largest absolute Gasteiger partial charge is 0.433 e. The van der Waals surface area contributed by atoms with Gasteiger partial charge in [0.2, 0.25) is 0 Å². The summed E-state index contributed by atoms with van der Waals surface area (Å²) in [6.45, 7) is 2.82. The highest BCUT2D eigenvalue weighted by Crippen LogP contribution is 2.47. The number of hydrogen-bond donors (Lipinski definition) is 0. The van der Waals surface area contributed by atoms with Crippen LogP contribution in [0.3, 0.4) is 0 Å². The maximum atomic E-state index is 6.34. The smallest absolute Gasteiger partial charge is 0.299 e. The van der Waals surface area contributed by atoms with Gasteiger partial charge in [-0.05, 0) is 23.3 Å². The van der Waals surface area contributed by atoms with E-state index in [1.165, 1.54) is 77.0 Å². The Labute approximate surface area is 137 Å². The second-order valence-electron chi connectivity index (χ2n) is 8.43. The third-order valence-electron chi connectivity index (χ3n) is 7.16. The van der Waals surface area contributed by atoms with Gasteiger partial charge in [0.1, 0.15) is 0 Å². The molecule has 122 valence electrons. The molecule has 0 spiro atoms. The summed E-state index contributed by atoms with van der Waals surface area (Å²) in [5.74, 6) is 3.45. The fourth-order valence-corrected chi connectivity index (χ4v) is 6.14. The number of fused-ring (bicyclic) bond motifs is 4. The van der Waals surface area contributed by atoms with Crippen LogP contribution in [0.15, 0.2) is 0 Å². The molecular weight excluding hydrogens is 270 g/mol. The minimum Gasteiger partial charge on any atom is -0.433 e. The minimum atomic E-state index is 0.567. The average molecular weight is 302 g/mol. The zero-order valence-electron chi connectivity index (χ0n) is 14.2. The van der Waals surface area contributed by atoms with Gasteiger partial charge < -0.3 is 9.31 Å². The van der Waals surface area contributed by atoms with E-state index in [9.17, 15) is 0 Å². The lowest BCUT2D eigenvalue weighted by Gasteiger charge is -2.40. The van der Waals surface area contributed by atoms with E-state index in [2.05, 4.69) is 0 Å². The highest BCUT2D eigenvalue weighted by Gasteiger charge is 2.42. The molecule has 4 heteroatoms. The fourth-order valence-electron chi connectivity index (χ4n) is 6.14. The van der Waals surface area contributed by atoms with E-state index in [1.807, 2.05) is 0 Å². The van der Waals surface area contributed by atoms with Crippen molar-refractivity contribution in [2.75, 3.05) is 13.2 Å². The monoisotopic (exact) mass is 302 g/mol. The Kier molecular flexibility index (Phi) is 5.17. The van der Waals surface area contributed by atoms with Crippen LogP contribution in [-0.4, -0.2) is 27.0 Å². The Balaban J connectivity index is 1.22. The van der Waals surface area contributed by atoms with Crippen LogP contribution in [0.4, 0.5) is 0 Å². The Hall–Kier alpha value is 0.0499. The summed E-state index contributed by atoms with van der Waals surface area (Å²) in [6.07, 6.45) is 17.1. The SMILES string of the molecule is C1CC2CCCC(C1)B2OCCOB1C2CCCC1CCC2. The summed E-state index contributed by atoms with van der Waals surface area (Å²) < 4.78 is 12.7. The Morgan fingerprint density at radius 3 is 1.05 bits per heavy atom. The summed E-state index contributed by atoms with van der Waals surface area (Å²) in [5.41, 5.74) is 0. The third-order valence-corrected chi connectivity index (χ3v) is 7.16. The maximum Gasteiger partial charge on any atom is 0.299 e. The van der Waals surface area contributed by atoms with Crippen molar-refractivity contribution < 1.29 is 9.31 Å². The Morgan fingerprint density at radius 2 is 0.773 bits per heavy atom. The summed E-state index contributed by atoms with van der Waals surface area (Å²) >= 11 is 0. The molecule has 4 aliphatic rings. The first-order chi connectivity index (χ1) is 10.9. The maximum absolute atomic E-state index is 6.34. The summed E-state index contributed by atoms with van der Waals surface area (Å²) in [4.78, 5) is 0. The molecule has 0 aromatic rings. The molecule has 0 aromatic heterocycles. The predicted molar refractivity (Wildman–Crippen MR) is 93.8 cm³/mol. The molecule has 2 nitrogen and oxygen atoms in total. The Morgan fingerprint density at radius 1 is 0.500 bits per heavy atom. The van der Waals surface area contributed by atoms with Gasteiger partial charge in [0.15, 0.2) is 0 Å². The van der Waals surface area contributed by atoms with Crippen molar-refractivity contribution >= 4 is 13.8 Å². The zero-order chi connectivity index (χ0) is 14.8. The third kappa shape index (κ3) is 3.29. The molecule has 0 unspecified atom stereocenters. The lowest BCUT2D eigenvalue weighted by molar-refractivity contribution is 0.185. The van der Waals surface area contributed by atoms with Crippen LogP contribution in [0.5, 0.6) is 0 Å². The lowest BCUT2D eigenvalue weighted by Crippen LogP contribution is -2.40. The molecule has 22 heavy (non-hydrogen) atoms. The van der Waals surface area contributed by atoms with E-state index in [0.29, 0.717) is 13.8 Å². The molecule has 0 radical (unpaired) electrons. The Bertz CT molecular complexity index is 287. The van der Waals surface area contributed by atoms with Gasteiger partial charge in [0.05, 0.1) is 13.2 Å². The molecule has 4 aliphatic heterocycles. The molecule has 0 atom stereocenters. The van der Waals surface area contributed by atoms with Gasteiger partial charge in [-0.3, -0.25) is 0 Å². The molecule has 0 aliphatic carbocycles. The van der Waals surface area contributed by atoms with Gasteiger partial charge in [-0.25, -0.2) is 0 Å². The van der Waals surface area contributed by atoms with E-state index >= 15 is 0 Å². The van der Waals surface area contributed by atoms with Crippen molar-refractivity contribution in [2.45, 2.75) is 100 Å². The molecule has 0 aromatic carbocycles. The van der Waals surface area contributed by atoms with Gasteiger partial charge in [0.25, 0.3) is 13.8 Å². The van der Waals surface area contributed by atoms with Crippen molar-refractivity contribution in [2.24, 2.45) is 0 Å².